The SMILES string of the molecule is CC1CCCN1Cc1ccnc(N=C2Cc3cc(-c4ccncc4)ccc3N2)c1. The highest BCUT2D eigenvalue weighted by atomic mass is 15.2. The molecule has 29 heavy (non-hydrogen) atoms. The number of nitrogens with zero attached hydrogens (tertiary/aromatic N) is 4. The zero-order chi connectivity index (χ0) is 19.6. The number of hydrogen-bond acceptors (Lipinski definition) is 4. The van der Waals surface area contributed by atoms with Gasteiger partial charge in [0.25, 0.3) is 0 Å². The van der Waals surface area contributed by atoms with Gasteiger partial charge in [0, 0.05) is 43.3 Å². The minimum atomic E-state index is 0.665. The van der Waals surface area contributed by atoms with Crippen molar-refractivity contribution in [3.8, 4) is 11.1 Å². The normalized spacial score (nSPS) is 20.0. The molecule has 0 saturated carbocycles. The monoisotopic (exact) mass is 383 g/mol. The van der Waals surface area contributed by atoms with E-state index in [1.807, 2.05) is 30.7 Å². The average Bonchev–Trinajstić information content (AvgIpc) is 3.33. The number of anilines is 1. The molecule has 5 heteroatoms. The van der Waals surface area contributed by atoms with Crippen molar-refractivity contribution in [1.82, 2.24) is 14.9 Å². The number of hydrogen-bond donors (Lipinski definition) is 1. The van der Waals surface area contributed by atoms with Gasteiger partial charge in [0.05, 0.1) is 0 Å². The zero-order valence-electron chi connectivity index (χ0n) is 16.7. The molecule has 5 rings (SSSR count). The van der Waals surface area contributed by atoms with Gasteiger partial charge in [0.2, 0.25) is 0 Å². The number of aromatic nitrogens is 2. The van der Waals surface area contributed by atoms with Gasteiger partial charge in [-0.05, 0) is 85.0 Å². The van der Waals surface area contributed by atoms with E-state index in [1.165, 1.54) is 41.6 Å². The van der Waals surface area contributed by atoms with E-state index >= 15 is 0 Å². The van der Waals surface area contributed by atoms with Crippen LogP contribution in [0.1, 0.15) is 30.9 Å². The van der Waals surface area contributed by atoms with Gasteiger partial charge in [0.1, 0.15) is 5.84 Å². The fourth-order valence-corrected chi connectivity index (χ4v) is 4.25. The first-order valence-electron chi connectivity index (χ1n) is 10.3. The number of benzene rings is 1. The van der Waals surface area contributed by atoms with Gasteiger partial charge >= 0.3 is 0 Å². The average molecular weight is 383 g/mol. The maximum Gasteiger partial charge on any atom is 0.154 e. The highest BCUT2D eigenvalue weighted by molar-refractivity contribution is 6.04. The fraction of sp³-hybridized carbons (Fsp3) is 0.292. The number of fused-ring (bicyclic) bond motifs is 1. The fourth-order valence-electron chi connectivity index (χ4n) is 4.25. The summed E-state index contributed by atoms with van der Waals surface area (Å²) in [6.45, 7) is 4.48. The van der Waals surface area contributed by atoms with Crippen molar-refractivity contribution in [2.75, 3.05) is 11.9 Å². The molecule has 146 valence electrons. The van der Waals surface area contributed by atoms with Gasteiger partial charge in [-0.15, -0.1) is 0 Å². The smallest absolute Gasteiger partial charge is 0.154 e. The summed E-state index contributed by atoms with van der Waals surface area (Å²) < 4.78 is 0. The van der Waals surface area contributed by atoms with Crippen molar-refractivity contribution in [2.24, 2.45) is 4.99 Å². The molecule has 1 N–H and O–H groups in total. The number of aliphatic imine (C=N–C) groups is 1. The Kier molecular flexibility index (Phi) is 4.82. The summed E-state index contributed by atoms with van der Waals surface area (Å²) in [6, 6.07) is 15.5. The second kappa shape index (κ2) is 7.76. The molecule has 0 amide bonds. The van der Waals surface area contributed by atoms with Gasteiger partial charge < -0.3 is 5.32 Å². The lowest BCUT2D eigenvalue weighted by Gasteiger charge is -2.20. The van der Waals surface area contributed by atoms with E-state index in [0.717, 1.165) is 30.3 Å². The number of rotatable bonds is 4. The van der Waals surface area contributed by atoms with Crippen LogP contribution in [0.25, 0.3) is 11.1 Å². The number of likely N-dealkylation sites (tertiary alicyclic amines) is 1. The summed E-state index contributed by atoms with van der Waals surface area (Å²) in [7, 11) is 0. The lowest BCUT2D eigenvalue weighted by Crippen LogP contribution is -2.26. The maximum atomic E-state index is 4.80. The van der Waals surface area contributed by atoms with Crippen LogP contribution in [0.3, 0.4) is 0 Å². The Balaban J connectivity index is 1.33. The summed E-state index contributed by atoms with van der Waals surface area (Å²) in [4.78, 5) is 15.9. The van der Waals surface area contributed by atoms with Crippen molar-refractivity contribution in [3.05, 3.63) is 72.2 Å². The largest absolute Gasteiger partial charge is 0.343 e. The Morgan fingerprint density at radius 1 is 1.07 bits per heavy atom. The van der Waals surface area contributed by atoms with E-state index in [4.69, 9.17) is 4.99 Å². The third kappa shape index (κ3) is 3.91. The Labute approximate surface area is 171 Å². The molecule has 1 saturated heterocycles. The van der Waals surface area contributed by atoms with E-state index in [-0.39, 0.29) is 0 Å². The second-order valence-corrected chi connectivity index (χ2v) is 7.95. The van der Waals surface area contributed by atoms with Crippen LogP contribution >= 0.6 is 0 Å². The Morgan fingerprint density at radius 2 is 1.97 bits per heavy atom. The second-order valence-electron chi connectivity index (χ2n) is 7.95. The summed E-state index contributed by atoms with van der Waals surface area (Å²) in [6.07, 6.45) is 8.92. The molecular formula is C24H25N5. The molecule has 1 unspecified atom stereocenters. The van der Waals surface area contributed by atoms with Crippen molar-refractivity contribution < 1.29 is 0 Å². The molecule has 2 aliphatic heterocycles. The standard InChI is InChI=1S/C24H25N5/c1-17-3-2-12-29(17)16-18-6-11-26-23(13-18)28-24-15-21-14-20(4-5-22(21)27-24)19-7-9-25-10-8-19/h4-11,13-14,17H,2-3,12,15-16H2,1H3,(H,26,27,28). The highest BCUT2D eigenvalue weighted by Crippen LogP contribution is 2.30. The minimum Gasteiger partial charge on any atom is -0.343 e. The minimum absolute atomic E-state index is 0.665. The summed E-state index contributed by atoms with van der Waals surface area (Å²) >= 11 is 0. The Hall–Kier alpha value is -3.05. The van der Waals surface area contributed by atoms with Crippen molar-refractivity contribution in [1.29, 1.82) is 0 Å². The van der Waals surface area contributed by atoms with Gasteiger partial charge in [-0.3, -0.25) is 9.88 Å². The van der Waals surface area contributed by atoms with Gasteiger partial charge in [-0.1, -0.05) is 6.07 Å². The third-order valence-electron chi connectivity index (χ3n) is 5.89. The van der Waals surface area contributed by atoms with Crippen LogP contribution in [0.2, 0.25) is 0 Å². The first-order chi connectivity index (χ1) is 14.2. The molecule has 3 aromatic rings. The molecule has 0 bridgehead atoms. The van der Waals surface area contributed by atoms with Crippen LogP contribution in [0.5, 0.6) is 0 Å². The van der Waals surface area contributed by atoms with Crippen LogP contribution in [-0.4, -0.2) is 33.3 Å². The lowest BCUT2D eigenvalue weighted by atomic mass is 10.0. The van der Waals surface area contributed by atoms with Crippen molar-refractivity contribution in [2.45, 2.75) is 38.8 Å². The summed E-state index contributed by atoms with van der Waals surface area (Å²) in [5, 5.41) is 3.45. The molecule has 1 atom stereocenters. The number of nitrogens with one attached hydrogen (secondary N) is 1. The first kappa shape index (κ1) is 18.0. The summed E-state index contributed by atoms with van der Waals surface area (Å²) in [5.74, 6) is 1.73. The Morgan fingerprint density at radius 3 is 2.79 bits per heavy atom. The maximum absolute atomic E-state index is 4.80. The molecule has 5 nitrogen and oxygen atoms in total. The topological polar surface area (TPSA) is 53.4 Å². The van der Waals surface area contributed by atoms with Crippen molar-refractivity contribution >= 4 is 17.3 Å². The first-order valence-corrected chi connectivity index (χ1v) is 10.3. The molecule has 2 aliphatic rings. The lowest BCUT2D eigenvalue weighted by molar-refractivity contribution is 0.260. The van der Waals surface area contributed by atoms with E-state index in [0.29, 0.717) is 6.04 Å². The van der Waals surface area contributed by atoms with Crippen LogP contribution in [-0.2, 0) is 13.0 Å². The number of pyridine rings is 2. The van der Waals surface area contributed by atoms with Gasteiger partial charge in [0.15, 0.2) is 5.82 Å². The molecule has 2 aromatic heterocycles. The molecule has 0 radical (unpaired) electrons. The zero-order valence-corrected chi connectivity index (χ0v) is 16.7. The molecule has 0 aliphatic carbocycles. The van der Waals surface area contributed by atoms with E-state index in [9.17, 15) is 0 Å². The summed E-state index contributed by atoms with van der Waals surface area (Å²) in [5.41, 5.74) is 6.06. The quantitative estimate of drug-likeness (QED) is 0.701. The van der Waals surface area contributed by atoms with Crippen LogP contribution in [0.15, 0.2) is 66.0 Å². The van der Waals surface area contributed by atoms with Crippen LogP contribution < -0.4 is 5.32 Å². The Bertz CT molecular complexity index is 1040. The van der Waals surface area contributed by atoms with Crippen LogP contribution in [0.4, 0.5) is 11.5 Å². The van der Waals surface area contributed by atoms with Crippen LogP contribution in [0, 0.1) is 0 Å². The number of amidine groups is 1. The van der Waals surface area contributed by atoms with E-state index in [2.05, 4.69) is 57.4 Å². The van der Waals surface area contributed by atoms with Gasteiger partial charge in [-0.2, -0.15) is 0 Å². The molecule has 0 spiro atoms. The van der Waals surface area contributed by atoms with E-state index in [1.54, 1.807) is 0 Å². The molecule has 1 fully saturated rings. The molecule has 4 heterocycles. The molecular weight excluding hydrogens is 358 g/mol. The third-order valence-corrected chi connectivity index (χ3v) is 5.89. The van der Waals surface area contributed by atoms with Crippen molar-refractivity contribution in [3.63, 3.8) is 0 Å². The molecule has 1 aromatic carbocycles. The van der Waals surface area contributed by atoms with E-state index < -0.39 is 0 Å². The predicted molar refractivity (Wildman–Crippen MR) is 117 cm³/mol. The van der Waals surface area contributed by atoms with Gasteiger partial charge in [-0.25, -0.2) is 9.98 Å². The highest BCUT2D eigenvalue weighted by Gasteiger charge is 2.20. The predicted octanol–water partition coefficient (Wildman–Crippen LogP) is 4.83.